The third-order valence-corrected chi connectivity index (χ3v) is 5.48. The molecule has 1 atom stereocenters. The standard InChI is InChI=1S/C14H13ClN4S2/c1-8(2)11-12(21-19-16-11)14-18-17-13(20-14)10(15)9-6-4-3-5-7-9/h3-8,10H,1-2H3. The Morgan fingerprint density at radius 2 is 1.81 bits per heavy atom. The summed E-state index contributed by atoms with van der Waals surface area (Å²) in [6.45, 7) is 4.19. The van der Waals surface area contributed by atoms with E-state index in [0.29, 0.717) is 5.92 Å². The van der Waals surface area contributed by atoms with Crippen molar-refractivity contribution in [1.82, 2.24) is 19.8 Å². The van der Waals surface area contributed by atoms with Crippen LogP contribution in [0.15, 0.2) is 30.3 Å². The number of hydrogen-bond acceptors (Lipinski definition) is 6. The average Bonchev–Trinajstić information content (AvgIpc) is 3.16. The van der Waals surface area contributed by atoms with Gasteiger partial charge in [-0.3, -0.25) is 0 Å². The van der Waals surface area contributed by atoms with Gasteiger partial charge in [-0.05, 0) is 23.0 Å². The summed E-state index contributed by atoms with van der Waals surface area (Å²) >= 11 is 9.35. The lowest BCUT2D eigenvalue weighted by atomic mass is 10.1. The molecule has 7 heteroatoms. The Kier molecular flexibility index (Phi) is 4.28. The summed E-state index contributed by atoms with van der Waals surface area (Å²) in [5, 5.41) is 14.0. The molecule has 0 aliphatic carbocycles. The molecule has 0 saturated heterocycles. The minimum absolute atomic E-state index is 0.277. The number of aromatic nitrogens is 4. The van der Waals surface area contributed by atoms with E-state index in [-0.39, 0.29) is 5.38 Å². The van der Waals surface area contributed by atoms with Gasteiger partial charge in [0.05, 0.1) is 5.69 Å². The maximum Gasteiger partial charge on any atom is 0.161 e. The van der Waals surface area contributed by atoms with Crippen molar-refractivity contribution in [3.63, 3.8) is 0 Å². The molecule has 0 aliphatic rings. The van der Waals surface area contributed by atoms with E-state index in [0.717, 1.165) is 26.1 Å². The topological polar surface area (TPSA) is 51.6 Å². The van der Waals surface area contributed by atoms with Gasteiger partial charge in [-0.15, -0.1) is 26.9 Å². The molecule has 0 saturated carbocycles. The molecule has 0 spiro atoms. The summed E-state index contributed by atoms with van der Waals surface area (Å²) in [5.74, 6) is 0.312. The molecule has 0 fully saturated rings. The van der Waals surface area contributed by atoms with Crippen molar-refractivity contribution >= 4 is 34.5 Å². The van der Waals surface area contributed by atoms with Crippen molar-refractivity contribution in [3.8, 4) is 9.88 Å². The van der Waals surface area contributed by atoms with E-state index in [1.807, 2.05) is 30.3 Å². The van der Waals surface area contributed by atoms with Gasteiger partial charge in [-0.1, -0.05) is 60.0 Å². The van der Waals surface area contributed by atoms with Gasteiger partial charge in [0.15, 0.2) is 5.01 Å². The van der Waals surface area contributed by atoms with Crippen LogP contribution in [0.4, 0.5) is 0 Å². The summed E-state index contributed by atoms with van der Waals surface area (Å²) in [6.07, 6.45) is 0. The van der Waals surface area contributed by atoms with Gasteiger partial charge in [0.1, 0.15) is 15.3 Å². The molecule has 0 bridgehead atoms. The number of hydrogen-bond donors (Lipinski definition) is 0. The Hall–Kier alpha value is -1.37. The van der Waals surface area contributed by atoms with Gasteiger partial charge in [0, 0.05) is 0 Å². The minimum atomic E-state index is -0.277. The van der Waals surface area contributed by atoms with E-state index >= 15 is 0 Å². The Bertz CT molecular complexity index is 723. The zero-order valence-electron chi connectivity index (χ0n) is 11.5. The maximum absolute atomic E-state index is 6.49. The zero-order valence-corrected chi connectivity index (χ0v) is 13.9. The Morgan fingerprint density at radius 1 is 1.05 bits per heavy atom. The summed E-state index contributed by atoms with van der Waals surface area (Å²) in [7, 11) is 0. The van der Waals surface area contributed by atoms with Crippen molar-refractivity contribution in [1.29, 1.82) is 0 Å². The minimum Gasteiger partial charge on any atom is -0.142 e. The number of nitrogens with zero attached hydrogens (tertiary/aromatic N) is 4. The fourth-order valence-electron chi connectivity index (χ4n) is 1.92. The number of rotatable bonds is 4. The molecule has 3 rings (SSSR count). The lowest BCUT2D eigenvalue weighted by molar-refractivity contribution is 0.813. The van der Waals surface area contributed by atoms with E-state index < -0.39 is 0 Å². The molecular formula is C14H13ClN4S2. The molecular weight excluding hydrogens is 324 g/mol. The highest BCUT2D eigenvalue weighted by Crippen LogP contribution is 2.37. The average molecular weight is 337 g/mol. The van der Waals surface area contributed by atoms with Gasteiger partial charge in [-0.25, -0.2) is 0 Å². The van der Waals surface area contributed by atoms with Crippen LogP contribution in [0, 0.1) is 0 Å². The van der Waals surface area contributed by atoms with E-state index in [1.165, 1.54) is 22.9 Å². The van der Waals surface area contributed by atoms with Gasteiger partial charge >= 0.3 is 0 Å². The molecule has 4 nitrogen and oxygen atoms in total. The highest BCUT2D eigenvalue weighted by molar-refractivity contribution is 7.19. The second-order valence-electron chi connectivity index (χ2n) is 4.86. The first-order valence-corrected chi connectivity index (χ1v) is 8.54. The van der Waals surface area contributed by atoms with Crippen LogP contribution < -0.4 is 0 Å². The summed E-state index contributed by atoms with van der Waals surface area (Å²) in [4.78, 5) is 0.991. The summed E-state index contributed by atoms with van der Waals surface area (Å²) in [6, 6.07) is 9.89. The normalized spacial score (nSPS) is 12.8. The van der Waals surface area contributed by atoms with Crippen molar-refractivity contribution < 1.29 is 0 Å². The Morgan fingerprint density at radius 3 is 2.52 bits per heavy atom. The van der Waals surface area contributed by atoms with E-state index in [2.05, 4.69) is 33.6 Å². The van der Waals surface area contributed by atoms with Gasteiger partial charge in [0.2, 0.25) is 0 Å². The molecule has 2 heterocycles. The molecule has 3 aromatic rings. The molecule has 1 aromatic carbocycles. The highest BCUT2D eigenvalue weighted by atomic mass is 35.5. The predicted molar refractivity (Wildman–Crippen MR) is 87.0 cm³/mol. The van der Waals surface area contributed by atoms with Crippen LogP contribution in [0.25, 0.3) is 9.88 Å². The van der Waals surface area contributed by atoms with Gasteiger partial charge in [0.25, 0.3) is 0 Å². The SMILES string of the molecule is CC(C)c1nnsc1-c1nnc(C(Cl)c2ccccc2)s1. The first-order chi connectivity index (χ1) is 10.2. The second-order valence-corrected chi connectivity index (χ2v) is 7.06. The van der Waals surface area contributed by atoms with Crippen LogP contribution in [-0.2, 0) is 0 Å². The lowest BCUT2D eigenvalue weighted by Gasteiger charge is -2.04. The molecule has 2 aromatic heterocycles. The monoisotopic (exact) mass is 336 g/mol. The fourth-order valence-corrected chi connectivity index (χ4v) is 3.97. The van der Waals surface area contributed by atoms with Crippen LogP contribution in [0.1, 0.15) is 41.4 Å². The van der Waals surface area contributed by atoms with Crippen LogP contribution in [0.3, 0.4) is 0 Å². The molecule has 21 heavy (non-hydrogen) atoms. The predicted octanol–water partition coefficient (Wildman–Crippen LogP) is 4.51. The highest BCUT2D eigenvalue weighted by Gasteiger charge is 2.21. The Labute approximate surface area is 136 Å². The van der Waals surface area contributed by atoms with Crippen molar-refractivity contribution in [3.05, 3.63) is 46.6 Å². The van der Waals surface area contributed by atoms with Crippen molar-refractivity contribution in [2.24, 2.45) is 0 Å². The van der Waals surface area contributed by atoms with Gasteiger partial charge in [-0.2, -0.15) is 0 Å². The molecule has 0 amide bonds. The van der Waals surface area contributed by atoms with E-state index in [9.17, 15) is 0 Å². The third-order valence-electron chi connectivity index (χ3n) is 3.00. The number of alkyl halides is 1. The number of benzene rings is 1. The van der Waals surface area contributed by atoms with Crippen LogP contribution in [0.2, 0.25) is 0 Å². The molecule has 0 N–H and O–H groups in total. The number of halogens is 1. The van der Waals surface area contributed by atoms with Crippen molar-refractivity contribution in [2.75, 3.05) is 0 Å². The summed E-state index contributed by atoms with van der Waals surface area (Å²) < 4.78 is 4.03. The Balaban J connectivity index is 1.92. The molecule has 0 radical (unpaired) electrons. The fraction of sp³-hybridized carbons (Fsp3) is 0.286. The first-order valence-electron chi connectivity index (χ1n) is 6.52. The summed E-state index contributed by atoms with van der Waals surface area (Å²) in [5.41, 5.74) is 1.99. The van der Waals surface area contributed by atoms with Crippen LogP contribution in [0.5, 0.6) is 0 Å². The van der Waals surface area contributed by atoms with Crippen molar-refractivity contribution in [2.45, 2.75) is 25.1 Å². The maximum atomic E-state index is 6.49. The largest absolute Gasteiger partial charge is 0.161 e. The molecule has 108 valence electrons. The first kappa shape index (κ1) is 14.6. The van der Waals surface area contributed by atoms with Crippen LogP contribution in [-0.4, -0.2) is 19.8 Å². The quantitative estimate of drug-likeness (QED) is 0.658. The second kappa shape index (κ2) is 6.17. The molecule has 1 unspecified atom stereocenters. The smallest absolute Gasteiger partial charge is 0.142 e. The zero-order chi connectivity index (χ0) is 14.8. The van der Waals surface area contributed by atoms with E-state index in [4.69, 9.17) is 11.6 Å². The lowest BCUT2D eigenvalue weighted by Crippen LogP contribution is -1.91. The van der Waals surface area contributed by atoms with E-state index in [1.54, 1.807) is 0 Å². The molecule has 0 aliphatic heterocycles. The third kappa shape index (κ3) is 2.97. The van der Waals surface area contributed by atoms with Gasteiger partial charge < -0.3 is 0 Å². The van der Waals surface area contributed by atoms with Crippen LogP contribution >= 0.6 is 34.5 Å².